The van der Waals surface area contributed by atoms with E-state index in [4.69, 9.17) is 10.00 Å². The lowest BCUT2D eigenvalue weighted by Gasteiger charge is -2.14. The largest absolute Gasteiger partial charge is 0.497 e. The Hall–Kier alpha value is -2.78. The molecule has 0 amide bonds. The van der Waals surface area contributed by atoms with Gasteiger partial charge in [-0.3, -0.25) is 9.36 Å². The van der Waals surface area contributed by atoms with Gasteiger partial charge in [-0.25, -0.2) is 4.98 Å². The number of nitriles is 1. The van der Waals surface area contributed by atoms with E-state index in [0.29, 0.717) is 27.5 Å². The molecule has 24 heavy (non-hydrogen) atoms. The molecule has 0 fully saturated rings. The molecule has 2 aromatic carbocycles. The van der Waals surface area contributed by atoms with Crippen LogP contribution < -0.4 is 10.3 Å². The highest BCUT2D eigenvalue weighted by atomic mass is 32.2. The van der Waals surface area contributed by atoms with E-state index in [1.165, 1.54) is 16.3 Å². The molecule has 0 aliphatic carbocycles. The van der Waals surface area contributed by atoms with E-state index in [1.54, 1.807) is 32.2 Å². The third kappa shape index (κ3) is 2.99. The molecule has 0 bridgehead atoms. The van der Waals surface area contributed by atoms with Crippen molar-refractivity contribution in [3.63, 3.8) is 0 Å². The summed E-state index contributed by atoms with van der Waals surface area (Å²) in [6.07, 6.45) is 0. The Morgan fingerprint density at radius 1 is 1.25 bits per heavy atom. The van der Waals surface area contributed by atoms with E-state index in [2.05, 4.69) is 11.1 Å². The number of methoxy groups -OCH3 is 1. The van der Waals surface area contributed by atoms with Crippen LogP contribution in [0.4, 0.5) is 0 Å². The van der Waals surface area contributed by atoms with Crippen LogP contribution in [0.5, 0.6) is 5.75 Å². The first-order valence-electron chi connectivity index (χ1n) is 7.36. The van der Waals surface area contributed by atoms with Gasteiger partial charge in [0.15, 0.2) is 5.16 Å². The highest BCUT2D eigenvalue weighted by molar-refractivity contribution is 8.00. The Morgan fingerprint density at radius 2 is 2.04 bits per heavy atom. The van der Waals surface area contributed by atoms with Crippen molar-refractivity contribution in [1.82, 2.24) is 9.55 Å². The van der Waals surface area contributed by atoms with Gasteiger partial charge < -0.3 is 4.74 Å². The molecule has 0 unspecified atom stereocenters. The molecular formula is C18H15N3O2S. The van der Waals surface area contributed by atoms with Crippen molar-refractivity contribution in [2.45, 2.75) is 17.3 Å². The van der Waals surface area contributed by atoms with Gasteiger partial charge >= 0.3 is 0 Å². The second kappa shape index (κ2) is 6.77. The zero-order valence-electron chi connectivity index (χ0n) is 13.3. The van der Waals surface area contributed by atoms with Gasteiger partial charge in [0.2, 0.25) is 0 Å². The topological polar surface area (TPSA) is 67.9 Å². The second-order valence-corrected chi connectivity index (χ2v) is 6.45. The fraction of sp³-hybridized carbons (Fsp3) is 0.167. The third-order valence-corrected chi connectivity index (χ3v) is 4.46. The molecule has 0 spiro atoms. The monoisotopic (exact) mass is 337 g/mol. The van der Waals surface area contributed by atoms with Gasteiger partial charge in [0, 0.05) is 6.07 Å². The summed E-state index contributed by atoms with van der Waals surface area (Å²) >= 11 is 1.26. The number of benzene rings is 2. The van der Waals surface area contributed by atoms with Crippen LogP contribution in [-0.4, -0.2) is 21.9 Å². The van der Waals surface area contributed by atoms with Crippen LogP contribution in [0.25, 0.3) is 16.6 Å². The number of aromatic nitrogens is 2. The van der Waals surface area contributed by atoms with Crippen LogP contribution in [-0.2, 0) is 0 Å². The average Bonchev–Trinajstić information content (AvgIpc) is 2.62. The Bertz CT molecular complexity index is 991. The minimum atomic E-state index is -0.324. The summed E-state index contributed by atoms with van der Waals surface area (Å²) in [6.45, 7) is 1.78. The van der Waals surface area contributed by atoms with Crippen LogP contribution in [0, 0.1) is 11.3 Å². The van der Waals surface area contributed by atoms with Crippen LogP contribution in [0.2, 0.25) is 0 Å². The van der Waals surface area contributed by atoms with Crippen LogP contribution in [0.3, 0.4) is 0 Å². The maximum atomic E-state index is 13.0. The molecule has 120 valence electrons. The maximum Gasteiger partial charge on any atom is 0.266 e. The summed E-state index contributed by atoms with van der Waals surface area (Å²) < 4.78 is 6.78. The molecule has 0 saturated heterocycles. The molecule has 0 saturated carbocycles. The summed E-state index contributed by atoms with van der Waals surface area (Å²) in [5.74, 6) is 0.650. The Kier molecular flexibility index (Phi) is 4.54. The molecule has 1 heterocycles. The minimum Gasteiger partial charge on any atom is -0.497 e. The fourth-order valence-corrected chi connectivity index (χ4v) is 3.17. The fourth-order valence-electron chi connectivity index (χ4n) is 2.35. The number of fused-ring (bicyclic) bond motifs is 1. The van der Waals surface area contributed by atoms with E-state index >= 15 is 0 Å². The Labute approximate surface area is 143 Å². The van der Waals surface area contributed by atoms with E-state index in [1.807, 2.05) is 30.3 Å². The summed E-state index contributed by atoms with van der Waals surface area (Å²) in [5, 5.41) is 9.82. The number of ether oxygens (including phenoxy) is 1. The highest BCUT2D eigenvalue weighted by Crippen LogP contribution is 2.26. The van der Waals surface area contributed by atoms with Crippen LogP contribution in [0.15, 0.2) is 58.5 Å². The first kappa shape index (κ1) is 16.1. The number of hydrogen-bond acceptors (Lipinski definition) is 5. The normalized spacial score (nSPS) is 11.9. The number of hydrogen-bond donors (Lipinski definition) is 0. The summed E-state index contributed by atoms with van der Waals surface area (Å²) in [7, 11) is 1.58. The molecule has 6 heteroatoms. The van der Waals surface area contributed by atoms with Crippen molar-refractivity contribution >= 4 is 22.7 Å². The van der Waals surface area contributed by atoms with E-state index in [9.17, 15) is 4.79 Å². The molecule has 5 nitrogen and oxygen atoms in total. The molecule has 1 atom stereocenters. The number of nitrogens with zero attached hydrogens (tertiary/aromatic N) is 3. The highest BCUT2D eigenvalue weighted by Gasteiger charge is 2.16. The number of thioether (sulfide) groups is 1. The zero-order valence-corrected chi connectivity index (χ0v) is 14.1. The smallest absolute Gasteiger partial charge is 0.266 e. The standard InChI is InChI=1S/C18H15N3O2S/c1-12(11-19)24-18-20-16-9-4-3-8-15(16)17(22)21(18)13-6-5-7-14(10-13)23-2/h3-10,12H,1-2H3/t12-/m1/s1. The predicted molar refractivity (Wildman–Crippen MR) is 94.8 cm³/mol. The summed E-state index contributed by atoms with van der Waals surface area (Å²) in [6, 6.07) is 16.6. The van der Waals surface area contributed by atoms with E-state index in [-0.39, 0.29) is 10.8 Å². The predicted octanol–water partition coefficient (Wildman–Crippen LogP) is 3.40. The lowest BCUT2D eigenvalue weighted by molar-refractivity contribution is 0.414. The van der Waals surface area contributed by atoms with Crippen molar-refractivity contribution in [3.8, 4) is 17.5 Å². The molecule has 3 aromatic rings. The third-order valence-electron chi connectivity index (χ3n) is 3.52. The first-order valence-corrected chi connectivity index (χ1v) is 8.24. The van der Waals surface area contributed by atoms with Crippen LogP contribution in [0.1, 0.15) is 6.92 Å². The van der Waals surface area contributed by atoms with Crippen molar-refractivity contribution in [3.05, 3.63) is 58.9 Å². The summed E-state index contributed by atoms with van der Waals surface area (Å²) in [4.78, 5) is 17.6. The molecule has 0 aliphatic rings. The Balaban J connectivity index is 2.30. The van der Waals surface area contributed by atoms with Gasteiger partial charge in [0.1, 0.15) is 5.75 Å². The van der Waals surface area contributed by atoms with E-state index < -0.39 is 0 Å². The van der Waals surface area contributed by atoms with Gasteiger partial charge in [0.05, 0.1) is 35.0 Å². The Morgan fingerprint density at radius 3 is 2.79 bits per heavy atom. The first-order chi connectivity index (χ1) is 11.6. The quantitative estimate of drug-likeness (QED) is 0.539. The van der Waals surface area contributed by atoms with Gasteiger partial charge in [-0.2, -0.15) is 5.26 Å². The van der Waals surface area contributed by atoms with Crippen molar-refractivity contribution in [2.24, 2.45) is 0 Å². The summed E-state index contributed by atoms with van der Waals surface area (Å²) in [5.41, 5.74) is 1.11. The zero-order chi connectivity index (χ0) is 17.1. The van der Waals surface area contributed by atoms with Crippen molar-refractivity contribution < 1.29 is 4.74 Å². The van der Waals surface area contributed by atoms with Crippen molar-refractivity contribution in [1.29, 1.82) is 5.26 Å². The molecular weight excluding hydrogens is 322 g/mol. The number of rotatable bonds is 4. The van der Waals surface area contributed by atoms with Crippen molar-refractivity contribution in [2.75, 3.05) is 7.11 Å². The van der Waals surface area contributed by atoms with E-state index in [0.717, 1.165) is 0 Å². The van der Waals surface area contributed by atoms with Gasteiger partial charge in [-0.15, -0.1) is 0 Å². The lowest BCUT2D eigenvalue weighted by Crippen LogP contribution is -2.22. The number of para-hydroxylation sites is 1. The average molecular weight is 337 g/mol. The molecule has 0 N–H and O–H groups in total. The second-order valence-electron chi connectivity index (χ2n) is 5.14. The molecule has 1 aromatic heterocycles. The molecule has 0 radical (unpaired) electrons. The minimum absolute atomic E-state index is 0.165. The lowest BCUT2D eigenvalue weighted by atomic mass is 10.2. The molecule has 3 rings (SSSR count). The van der Waals surface area contributed by atoms with Gasteiger partial charge in [-0.05, 0) is 31.2 Å². The van der Waals surface area contributed by atoms with Gasteiger partial charge in [0.25, 0.3) is 5.56 Å². The van der Waals surface area contributed by atoms with Crippen LogP contribution >= 0.6 is 11.8 Å². The maximum absolute atomic E-state index is 13.0. The molecule has 0 aliphatic heterocycles. The SMILES string of the molecule is COc1cccc(-n2c(S[C@H](C)C#N)nc3ccccc3c2=O)c1. The van der Waals surface area contributed by atoms with Gasteiger partial charge in [-0.1, -0.05) is 30.0 Å².